The summed E-state index contributed by atoms with van der Waals surface area (Å²) in [4.78, 5) is 22.6. The molecule has 1 fully saturated rings. The average Bonchev–Trinajstić information content (AvgIpc) is 2.25. The highest BCUT2D eigenvalue weighted by Gasteiger charge is 2.28. The second-order valence-corrected chi connectivity index (χ2v) is 4.42. The van der Waals surface area contributed by atoms with Gasteiger partial charge < -0.3 is 15.2 Å². The molecule has 2 N–H and O–H groups in total. The molecule has 0 aromatic heterocycles. The van der Waals surface area contributed by atoms with Gasteiger partial charge in [0, 0.05) is 6.61 Å². The monoisotopic (exact) mass is 229 g/mol. The van der Waals surface area contributed by atoms with Crippen molar-refractivity contribution < 1.29 is 19.4 Å². The molecule has 0 aromatic rings. The van der Waals surface area contributed by atoms with E-state index in [-0.39, 0.29) is 11.8 Å². The molecule has 92 valence electrons. The first-order chi connectivity index (χ1) is 7.52. The van der Waals surface area contributed by atoms with E-state index in [4.69, 9.17) is 9.84 Å². The van der Waals surface area contributed by atoms with Gasteiger partial charge in [0.15, 0.2) is 0 Å². The lowest BCUT2D eigenvalue weighted by Gasteiger charge is -2.25. The van der Waals surface area contributed by atoms with Gasteiger partial charge in [-0.1, -0.05) is 13.8 Å². The second kappa shape index (κ2) is 5.84. The summed E-state index contributed by atoms with van der Waals surface area (Å²) in [5.74, 6) is -1.44. The molecule has 0 bridgehead atoms. The Morgan fingerprint density at radius 3 is 2.50 bits per heavy atom. The van der Waals surface area contributed by atoms with Gasteiger partial charge in [-0.3, -0.25) is 4.79 Å². The van der Waals surface area contributed by atoms with Gasteiger partial charge in [-0.25, -0.2) is 4.79 Å². The highest BCUT2D eigenvalue weighted by atomic mass is 16.5. The number of nitrogens with one attached hydrogen (secondary N) is 1. The number of ether oxygens (including phenoxy) is 1. The van der Waals surface area contributed by atoms with E-state index in [9.17, 15) is 9.59 Å². The molecule has 0 aliphatic carbocycles. The molecule has 16 heavy (non-hydrogen) atoms. The molecule has 1 heterocycles. The number of carbonyl (C=O) groups excluding carboxylic acids is 1. The normalized spacial score (nSPS) is 22.8. The lowest BCUT2D eigenvalue weighted by atomic mass is 10.0. The Labute approximate surface area is 95.2 Å². The molecule has 1 aliphatic heterocycles. The van der Waals surface area contributed by atoms with Crippen molar-refractivity contribution in [2.75, 3.05) is 6.61 Å². The van der Waals surface area contributed by atoms with Crippen LogP contribution in [0.25, 0.3) is 0 Å². The summed E-state index contributed by atoms with van der Waals surface area (Å²) in [6, 6.07) is -0.835. The SMILES string of the molecule is CC(C)[C@@H](NC(=O)C1CCCCO1)C(=O)O. The number of hydrogen-bond acceptors (Lipinski definition) is 3. The van der Waals surface area contributed by atoms with E-state index in [0.717, 1.165) is 12.8 Å². The van der Waals surface area contributed by atoms with Gasteiger partial charge in [0.05, 0.1) is 0 Å². The number of carboxylic acids is 1. The summed E-state index contributed by atoms with van der Waals surface area (Å²) in [6.45, 7) is 4.11. The smallest absolute Gasteiger partial charge is 0.326 e. The number of hydrogen-bond donors (Lipinski definition) is 2. The van der Waals surface area contributed by atoms with Crippen LogP contribution < -0.4 is 5.32 Å². The maximum atomic E-state index is 11.7. The second-order valence-electron chi connectivity index (χ2n) is 4.42. The van der Waals surface area contributed by atoms with Gasteiger partial charge in [0.2, 0.25) is 5.91 Å². The Hall–Kier alpha value is -1.10. The van der Waals surface area contributed by atoms with Crippen molar-refractivity contribution in [2.24, 2.45) is 5.92 Å². The Morgan fingerprint density at radius 1 is 1.38 bits per heavy atom. The molecular formula is C11H19NO4. The molecule has 0 spiro atoms. The largest absolute Gasteiger partial charge is 0.480 e. The number of carboxylic acid groups (broad SMARTS) is 1. The highest BCUT2D eigenvalue weighted by Crippen LogP contribution is 2.13. The zero-order valence-electron chi connectivity index (χ0n) is 9.73. The molecule has 2 atom stereocenters. The molecule has 1 saturated heterocycles. The van der Waals surface area contributed by atoms with Crippen LogP contribution in [0, 0.1) is 5.92 Å². The van der Waals surface area contributed by atoms with E-state index in [0.29, 0.717) is 13.0 Å². The predicted molar refractivity (Wildman–Crippen MR) is 58.0 cm³/mol. The van der Waals surface area contributed by atoms with E-state index in [1.165, 1.54) is 0 Å². The minimum Gasteiger partial charge on any atom is -0.480 e. The van der Waals surface area contributed by atoms with Gasteiger partial charge in [0.1, 0.15) is 12.1 Å². The van der Waals surface area contributed by atoms with Gasteiger partial charge in [-0.05, 0) is 25.2 Å². The van der Waals surface area contributed by atoms with Gasteiger partial charge in [0.25, 0.3) is 0 Å². The van der Waals surface area contributed by atoms with Crippen LogP contribution in [-0.2, 0) is 14.3 Å². The molecule has 0 radical (unpaired) electrons. The van der Waals surface area contributed by atoms with Crippen LogP contribution >= 0.6 is 0 Å². The zero-order valence-corrected chi connectivity index (χ0v) is 9.73. The quantitative estimate of drug-likeness (QED) is 0.747. The molecule has 1 aliphatic rings. The van der Waals surface area contributed by atoms with Crippen LogP contribution in [0.15, 0.2) is 0 Å². The van der Waals surface area contributed by atoms with E-state index >= 15 is 0 Å². The van der Waals surface area contributed by atoms with Crippen molar-refractivity contribution in [1.82, 2.24) is 5.32 Å². The summed E-state index contributed by atoms with van der Waals surface area (Å²) in [6.07, 6.45) is 2.12. The molecule has 5 nitrogen and oxygen atoms in total. The number of carbonyl (C=O) groups is 2. The fourth-order valence-electron chi connectivity index (χ4n) is 1.71. The number of amides is 1. The maximum Gasteiger partial charge on any atom is 0.326 e. The van der Waals surface area contributed by atoms with Crippen molar-refractivity contribution in [3.8, 4) is 0 Å². The third-order valence-electron chi connectivity index (χ3n) is 2.70. The summed E-state index contributed by atoms with van der Waals surface area (Å²) in [5, 5.41) is 11.5. The summed E-state index contributed by atoms with van der Waals surface area (Å²) >= 11 is 0. The third kappa shape index (κ3) is 3.48. The topological polar surface area (TPSA) is 75.6 Å². The lowest BCUT2D eigenvalue weighted by Crippen LogP contribution is -2.49. The van der Waals surface area contributed by atoms with Crippen LogP contribution in [0.5, 0.6) is 0 Å². The molecule has 0 aromatic carbocycles. The van der Waals surface area contributed by atoms with Crippen LogP contribution in [0.2, 0.25) is 0 Å². The van der Waals surface area contributed by atoms with Crippen LogP contribution in [-0.4, -0.2) is 35.7 Å². The predicted octanol–water partition coefficient (Wildman–Crippen LogP) is 0.781. The summed E-state index contributed by atoms with van der Waals surface area (Å²) in [7, 11) is 0. The van der Waals surface area contributed by atoms with E-state index in [1.807, 2.05) is 0 Å². The van der Waals surface area contributed by atoms with Gasteiger partial charge >= 0.3 is 5.97 Å². The number of rotatable bonds is 4. The van der Waals surface area contributed by atoms with E-state index < -0.39 is 18.1 Å². The molecule has 1 unspecified atom stereocenters. The Bertz CT molecular complexity index is 259. The molecule has 5 heteroatoms. The third-order valence-corrected chi connectivity index (χ3v) is 2.70. The average molecular weight is 229 g/mol. The van der Waals surface area contributed by atoms with Crippen molar-refractivity contribution in [3.05, 3.63) is 0 Å². The van der Waals surface area contributed by atoms with Crippen molar-refractivity contribution in [1.29, 1.82) is 0 Å². The fourth-order valence-corrected chi connectivity index (χ4v) is 1.71. The van der Waals surface area contributed by atoms with Crippen molar-refractivity contribution in [2.45, 2.75) is 45.3 Å². The first-order valence-electron chi connectivity index (χ1n) is 5.67. The molecule has 1 rings (SSSR count). The zero-order chi connectivity index (χ0) is 12.1. The van der Waals surface area contributed by atoms with Crippen LogP contribution in [0.4, 0.5) is 0 Å². The first-order valence-corrected chi connectivity index (χ1v) is 5.67. The maximum absolute atomic E-state index is 11.7. The van der Waals surface area contributed by atoms with Crippen LogP contribution in [0.1, 0.15) is 33.1 Å². The fraction of sp³-hybridized carbons (Fsp3) is 0.818. The molecule has 0 saturated carbocycles. The first kappa shape index (κ1) is 13.0. The van der Waals surface area contributed by atoms with E-state index in [2.05, 4.69) is 5.32 Å². The summed E-state index contributed by atoms with van der Waals surface area (Å²) < 4.78 is 5.30. The molecule has 1 amide bonds. The van der Waals surface area contributed by atoms with Crippen LogP contribution in [0.3, 0.4) is 0 Å². The summed E-state index contributed by atoms with van der Waals surface area (Å²) in [5.41, 5.74) is 0. The Balaban J connectivity index is 2.50. The Kier molecular flexibility index (Phi) is 4.73. The van der Waals surface area contributed by atoms with Gasteiger partial charge in [-0.15, -0.1) is 0 Å². The van der Waals surface area contributed by atoms with Crippen molar-refractivity contribution >= 4 is 11.9 Å². The standard InChI is InChI=1S/C11H19NO4/c1-7(2)9(11(14)15)12-10(13)8-5-3-4-6-16-8/h7-9H,3-6H2,1-2H3,(H,12,13)(H,14,15)/t8?,9-/m1/s1. The van der Waals surface area contributed by atoms with E-state index in [1.54, 1.807) is 13.8 Å². The van der Waals surface area contributed by atoms with Gasteiger partial charge in [-0.2, -0.15) is 0 Å². The minimum atomic E-state index is -1.00. The minimum absolute atomic E-state index is 0.134. The van der Waals surface area contributed by atoms with Crippen molar-refractivity contribution in [3.63, 3.8) is 0 Å². The Morgan fingerprint density at radius 2 is 2.06 bits per heavy atom. The number of aliphatic carboxylic acids is 1. The molecular weight excluding hydrogens is 210 g/mol. The highest BCUT2D eigenvalue weighted by molar-refractivity contribution is 5.86. The lowest BCUT2D eigenvalue weighted by molar-refractivity contribution is -0.146.